The van der Waals surface area contributed by atoms with Crippen LogP contribution < -0.4 is 4.74 Å². The van der Waals surface area contributed by atoms with E-state index in [9.17, 15) is 4.39 Å². The lowest BCUT2D eigenvalue weighted by molar-refractivity contribution is 0.342. The molecule has 64 valence electrons. The lowest BCUT2D eigenvalue weighted by Gasteiger charge is -2.04. The van der Waals surface area contributed by atoms with Crippen molar-refractivity contribution >= 4 is 0 Å². The first-order valence-electron chi connectivity index (χ1n) is 3.74. The third-order valence-corrected chi connectivity index (χ3v) is 1.44. The number of benzene rings is 1. The van der Waals surface area contributed by atoms with Crippen molar-refractivity contribution < 1.29 is 9.13 Å². The Morgan fingerprint density at radius 2 is 2.33 bits per heavy atom. The molecule has 0 N–H and O–H groups in total. The highest BCUT2D eigenvalue weighted by atomic mass is 19.1. The molecule has 0 saturated carbocycles. The van der Waals surface area contributed by atoms with Crippen LogP contribution in [0.1, 0.15) is 5.56 Å². The fourth-order valence-corrected chi connectivity index (χ4v) is 0.872. The Morgan fingerprint density at radius 1 is 1.58 bits per heavy atom. The van der Waals surface area contributed by atoms with Crippen LogP contribution in [0.5, 0.6) is 5.75 Å². The van der Waals surface area contributed by atoms with Crippen LogP contribution in [0.15, 0.2) is 30.9 Å². The molecule has 0 fully saturated rings. The van der Waals surface area contributed by atoms with Crippen molar-refractivity contribution in [3.05, 3.63) is 42.2 Å². The van der Waals surface area contributed by atoms with Crippen molar-refractivity contribution in [1.29, 1.82) is 0 Å². The lowest BCUT2D eigenvalue weighted by Crippen LogP contribution is -1.95. The van der Waals surface area contributed by atoms with Crippen LogP contribution in [0.2, 0.25) is 0 Å². The molecule has 0 aromatic heterocycles. The molecule has 0 bridgehead atoms. The van der Waals surface area contributed by atoms with Crippen LogP contribution >= 0.6 is 0 Å². The summed E-state index contributed by atoms with van der Waals surface area (Å²) < 4.78 is 18.1. The van der Waals surface area contributed by atoms with E-state index in [-0.39, 0.29) is 11.6 Å². The van der Waals surface area contributed by atoms with Gasteiger partial charge in [-0.25, -0.2) is 4.39 Å². The number of ether oxygens (including phenoxy) is 1. The molecule has 0 aliphatic heterocycles. The van der Waals surface area contributed by atoms with Gasteiger partial charge in [0, 0.05) is 0 Å². The average molecular weight is 166 g/mol. The molecule has 2 heteroatoms. The molecule has 0 amide bonds. The summed E-state index contributed by atoms with van der Waals surface area (Å²) in [7, 11) is 0. The first-order chi connectivity index (χ1) is 5.74. The molecule has 0 heterocycles. The van der Waals surface area contributed by atoms with Gasteiger partial charge in [-0.15, -0.1) is 0 Å². The molecule has 1 nitrogen and oxygen atoms in total. The quantitative estimate of drug-likeness (QED) is 0.627. The Morgan fingerprint density at radius 3 is 2.92 bits per heavy atom. The second kappa shape index (κ2) is 3.90. The Balaban J connectivity index is 2.78. The standard InChI is InChI=1S/C10H11FO/c1-3-6-12-10-5-4-8(2)7-9(10)11/h3-5,7H,1,6H2,2H3. The van der Waals surface area contributed by atoms with Crippen molar-refractivity contribution in [3.63, 3.8) is 0 Å². The van der Waals surface area contributed by atoms with E-state index in [1.54, 1.807) is 12.1 Å². The van der Waals surface area contributed by atoms with E-state index in [1.807, 2.05) is 13.0 Å². The summed E-state index contributed by atoms with van der Waals surface area (Å²) in [6.45, 7) is 5.64. The van der Waals surface area contributed by atoms with E-state index in [0.717, 1.165) is 5.56 Å². The Kier molecular flexibility index (Phi) is 2.86. The van der Waals surface area contributed by atoms with Crippen molar-refractivity contribution in [2.45, 2.75) is 6.92 Å². The maximum absolute atomic E-state index is 13.0. The maximum atomic E-state index is 13.0. The topological polar surface area (TPSA) is 9.23 Å². The number of rotatable bonds is 3. The fourth-order valence-electron chi connectivity index (χ4n) is 0.872. The third kappa shape index (κ3) is 2.09. The zero-order valence-corrected chi connectivity index (χ0v) is 7.01. The van der Waals surface area contributed by atoms with E-state index >= 15 is 0 Å². The predicted molar refractivity (Wildman–Crippen MR) is 46.8 cm³/mol. The average Bonchev–Trinajstić information content (AvgIpc) is 2.03. The minimum Gasteiger partial charge on any atom is -0.486 e. The molecule has 12 heavy (non-hydrogen) atoms. The lowest BCUT2D eigenvalue weighted by atomic mass is 10.2. The highest BCUT2D eigenvalue weighted by Crippen LogP contribution is 2.17. The number of hydrogen-bond acceptors (Lipinski definition) is 1. The summed E-state index contributed by atoms with van der Waals surface area (Å²) in [5.74, 6) is -0.0441. The van der Waals surface area contributed by atoms with Gasteiger partial charge in [-0.3, -0.25) is 0 Å². The van der Waals surface area contributed by atoms with Gasteiger partial charge in [0.1, 0.15) is 6.61 Å². The molecule has 1 rings (SSSR count). The summed E-state index contributed by atoms with van der Waals surface area (Å²) in [6.07, 6.45) is 1.58. The van der Waals surface area contributed by atoms with Crippen LogP contribution in [0.4, 0.5) is 4.39 Å². The Bertz CT molecular complexity index is 281. The minimum atomic E-state index is -0.322. The molecule has 0 spiro atoms. The molecule has 0 atom stereocenters. The van der Waals surface area contributed by atoms with Crippen molar-refractivity contribution in [1.82, 2.24) is 0 Å². The molecule has 0 aliphatic rings. The smallest absolute Gasteiger partial charge is 0.165 e. The summed E-state index contributed by atoms with van der Waals surface area (Å²) in [5, 5.41) is 0. The van der Waals surface area contributed by atoms with Gasteiger partial charge in [-0.05, 0) is 24.6 Å². The van der Waals surface area contributed by atoms with Crippen LogP contribution in [0.25, 0.3) is 0 Å². The third-order valence-electron chi connectivity index (χ3n) is 1.44. The first kappa shape index (κ1) is 8.78. The van der Waals surface area contributed by atoms with Gasteiger partial charge in [0.15, 0.2) is 11.6 Å². The fraction of sp³-hybridized carbons (Fsp3) is 0.200. The van der Waals surface area contributed by atoms with Crippen molar-refractivity contribution in [3.8, 4) is 5.75 Å². The van der Waals surface area contributed by atoms with Gasteiger partial charge in [-0.2, -0.15) is 0 Å². The monoisotopic (exact) mass is 166 g/mol. The minimum absolute atomic E-state index is 0.278. The Labute approximate surface area is 71.5 Å². The van der Waals surface area contributed by atoms with Gasteiger partial charge < -0.3 is 4.74 Å². The zero-order valence-electron chi connectivity index (χ0n) is 7.01. The van der Waals surface area contributed by atoms with Crippen molar-refractivity contribution in [2.24, 2.45) is 0 Å². The normalized spacial score (nSPS) is 9.50. The van der Waals surface area contributed by atoms with E-state index in [0.29, 0.717) is 6.61 Å². The van der Waals surface area contributed by atoms with E-state index in [2.05, 4.69) is 6.58 Å². The summed E-state index contributed by atoms with van der Waals surface area (Å²) in [5.41, 5.74) is 0.887. The summed E-state index contributed by atoms with van der Waals surface area (Å²) >= 11 is 0. The highest BCUT2D eigenvalue weighted by molar-refractivity contribution is 5.28. The van der Waals surface area contributed by atoms with Crippen molar-refractivity contribution in [2.75, 3.05) is 6.61 Å². The van der Waals surface area contributed by atoms with E-state index < -0.39 is 0 Å². The maximum Gasteiger partial charge on any atom is 0.165 e. The largest absolute Gasteiger partial charge is 0.486 e. The van der Waals surface area contributed by atoms with Gasteiger partial charge in [0.25, 0.3) is 0 Å². The number of hydrogen-bond donors (Lipinski definition) is 0. The van der Waals surface area contributed by atoms with Gasteiger partial charge in [0.05, 0.1) is 0 Å². The molecule has 0 unspecified atom stereocenters. The molecular weight excluding hydrogens is 155 g/mol. The molecule has 0 radical (unpaired) electrons. The van der Waals surface area contributed by atoms with Crippen LogP contribution in [-0.2, 0) is 0 Å². The summed E-state index contributed by atoms with van der Waals surface area (Å²) in [6, 6.07) is 4.87. The zero-order chi connectivity index (χ0) is 8.97. The number of aryl methyl sites for hydroxylation is 1. The van der Waals surface area contributed by atoms with Crippen LogP contribution in [-0.4, -0.2) is 6.61 Å². The molecule has 0 saturated heterocycles. The van der Waals surface area contributed by atoms with Crippen LogP contribution in [0, 0.1) is 12.7 Å². The second-order valence-corrected chi connectivity index (χ2v) is 2.53. The van der Waals surface area contributed by atoms with Gasteiger partial charge in [-0.1, -0.05) is 18.7 Å². The SMILES string of the molecule is C=CCOc1ccc(C)cc1F. The molecule has 1 aromatic carbocycles. The second-order valence-electron chi connectivity index (χ2n) is 2.53. The van der Waals surface area contributed by atoms with Crippen LogP contribution in [0.3, 0.4) is 0 Å². The number of halogens is 1. The van der Waals surface area contributed by atoms with E-state index in [4.69, 9.17) is 4.74 Å². The molecule has 1 aromatic rings. The van der Waals surface area contributed by atoms with E-state index in [1.165, 1.54) is 6.07 Å². The highest BCUT2D eigenvalue weighted by Gasteiger charge is 2.00. The first-order valence-corrected chi connectivity index (χ1v) is 3.74. The molecule has 0 aliphatic carbocycles. The predicted octanol–water partition coefficient (Wildman–Crippen LogP) is 2.70. The Hall–Kier alpha value is -1.31. The summed E-state index contributed by atoms with van der Waals surface area (Å²) in [4.78, 5) is 0. The molecular formula is C10H11FO. The van der Waals surface area contributed by atoms with Gasteiger partial charge in [0.2, 0.25) is 0 Å². The van der Waals surface area contributed by atoms with Gasteiger partial charge >= 0.3 is 0 Å².